The number of fused-ring (bicyclic) bond motifs is 1. The van der Waals surface area contributed by atoms with Crippen molar-refractivity contribution in [3.8, 4) is 0 Å². The molecule has 0 N–H and O–H groups in total. The van der Waals surface area contributed by atoms with Crippen LogP contribution < -0.4 is 0 Å². The number of hydrogen-bond donors (Lipinski definition) is 0. The zero-order chi connectivity index (χ0) is 16.8. The maximum atomic E-state index is 12.5. The molecule has 3 rings (SSSR count). The molecule has 2 amide bonds. The van der Waals surface area contributed by atoms with Crippen LogP contribution in [-0.2, 0) is 11.0 Å². The molecular formula is C14H6F3NO4S. The van der Waals surface area contributed by atoms with Gasteiger partial charge >= 0.3 is 12.1 Å². The monoisotopic (exact) mass is 341 g/mol. The zero-order valence-electron chi connectivity index (χ0n) is 11.1. The second-order valence-electron chi connectivity index (χ2n) is 4.53. The molecular weight excluding hydrogens is 335 g/mol. The highest BCUT2D eigenvalue weighted by atomic mass is 32.1. The van der Waals surface area contributed by atoms with E-state index in [0.29, 0.717) is 17.4 Å². The van der Waals surface area contributed by atoms with Gasteiger partial charge in [0.1, 0.15) is 4.88 Å². The number of alkyl halides is 3. The number of benzene rings is 1. The Labute approximate surface area is 130 Å². The van der Waals surface area contributed by atoms with Crippen molar-refractivity contribution < 1.29 is 32.4 Å². The number of hydrogen-bond acceptors (Lipinski definition) is 5. The quantitative estimate of drug-likeness (QED) is 0.787. The molecule has 0 spiro atoms. The summed E-state index contributed by atoms with van der Waals surface area (Å²) in [6, 6.07) is 6.43. The molecule has 1 aliphatic heterocycles. The molecule has 0 saturated heterocycles. The summed E-state index contributed by atoms with van der Waals surface area (Å²) in [5.41, 5.74) is -0.267. The van der Waals surface area contributed by atoms with Crippen LogP contribution in [0.4, 0.5) is 13.2 Å². The lowest BCUT2D eigenvalue weighted by molar-refractivity contribution is -0.134. The number of thiophene rings is 1. The van der Waals surface area contributed by atoms with Crippen LogP contribution >= 0.6 is 11.3 Å². The van der Waals surface area contributed by atoms with Crippen LogP contribution in [0.25, 0.3) is 0 Å². The highest BCUT2D eigenvalue weighted by molar-refractivity contribution is 7.10. The van der Waals surface area contributed by atoms with Crippen LogP contribution in [0.1, 0.15) is 36.0 Å². The molecule has 0 saturated carbocycles. The summed E-state index contributed by atoms with van der Waals surface area (Å²) in [5.74, 6) is -2.90. The van der Waals surface area contributed by atoms with Crippen molar-refractivity contribution in [2.75, 3.05) is 0 Å². The Morgan fingerprint density at radius 1 is 1.09 bits per heavy atom. The van der Waals surface area contributed by atoms with E-state index < -0.39 is 28.8 Å². The van der Waals surface area contributed by atoms with Crippen LogP contribution in [0, 0.1) is 0 Å². The molecule has 0 bridgehead atoms. The Balaban J connectivity index is 1.81. The summed E-state index contributed by atoms with van der Waals surface area (Å²) in [5, 5.41) is 1.20. The van der Waals surface area contributed by atoms with E-state index >= 15 is 0 Å². The van der Waals surface area contributed by atoms with Gasteiger partial charge in [0.2, 0.25) is 0 Å². The van der Waals surface area contributed by atoms with Crippen LogP contribution in [-0.4, -0.2) is 22.8 Å². The number of halogens is 3. The van der Waals surface area contributed by atoms with Gasteiger partial charge in [0.15, 0.2) is 0 Å². The van der Waals surface area contributed by atoms with E-state index in [2.05, 4.69) is 4.84 Å². The molecule has 118 valence electrons. The van der Waals surface area contributed by atoms with E-state index in [1.807, 2.05) is 0 Å². The predicted molar refractivity (Wildman–Crippen MR) is 71.7 cm³/mol. The summed E-state index contributed by atoms with van der Waals surface area (Å²) >= 11 is 0.317. The predicted octanol–water partition coefficient (Wildman–Crippen LogP) is 3.13. The van der Waals surface area contributed by atoms with Crippen molar-refractivity contribution in [1.82, 2.24) is 5.06 Å². The summed E-state index contributed by atoms with van der Waals surface area (Å²) in [6.45, 7) is 0. The fourth-order valence-corrected chi connectivity index (χ4v) is 2.72. The summed E-state index contributed by atoms with van der Waals surface area (Å²) < 4.78 is 37.5. The Kier molecular flexibility index (Phi) is 3.44. The average Bonchev–Trinajstić information content (AvgIpc) is 3.08. The minimum atomic E-state index is -4.58. The van der Waals surface area contributed by atoms with Crippen molar-refractivity contribution in [1.29, 1.82) is 0 Å². The highest BCUT2D eigenvalue weighted by Gasteiger charge is 2.39. The van der Waals surface area contributed by atoms with Gasteiger partial charge in [-0.3, -0.25) is 9.59 Å². The lowest BCUT2D eigenvalue weighted by Crippen LogP contribution is -2.32. The SMILES string of the molecule is O=C(ON1C(=O)c2ccccc2C1=O)c1csc(C(F)(F)F)c1. The first-order chi connectivity index (χ1) is 10.8. The Morgan fingerprint density at radius 3 is 2.13 bits per heavy atom. The van der Waals surface area contributed by atoms with Gasteiger partial charge < -0.3 is 4.84 Å². The summed E-state index contributed by atoms with van der Waals surface area (Å²) in [7, 11) is 0. The number of imide groups is 1. The van der Waals surface area contributed by atoms with Crippen LogP contribution in [0.5, 0.6) is 0 Å². The lowest BCUT2D eigenvalue weighted by Gasteiger charge is -2.11. The van der Waals surface area contributed by atoms with Crippen molar-refractivity contribution in [3.63, 3.8) is 0 Å². The maximum Gasteiger partial charge on any atom is 0.425 e. The largest absolute Gasteiger partial charge is 0.425 e. The fraction of sp³-hybridized carbons (Fsp3) is 0.0714. The van der Waals surface area contributed by atoms with Gasteiger partial charge in [0.25, 0.3) is 11.8 Å². The second-order valence-corrected chi connectivity index (χ2v) is 5.44. The van der Waals surface area contributed by atoms with E-state index in [1.54, 1.807) is 0 Å². The third kappa shape index (κ3) is 2.59. The normalized spacial score (nSPS) is 14.1. The van der Waals surface area contributed by atoms with Crippen LogP contribution in [0.3, 0.4) is 0 Å². The lowest BCUT2D eigenvalue weighted by atomic mass is 10.1. The number of amides is 2. The third-order valence-electron chi connectivity index (χ3n) is 3.05. The van der Waals surface area contributed by atoms with E-state index in [1.165, 1.54) is 24.3 Å². The molecule has 1 aromatic heterocycles. The molecule has 0 fully saturated rings. The standard InChI is InChI=1S/C14H6F3NO4S/c15-14(16,17)10-5-7(6-23-10)13(21)22-18-11(19)8-3-1-2-4-9(8)12(18)20/h1-6H. The molecule has 0 atom stereocenters. The van der Waals surface area contributed by atoms with E-state index in [-0.39, 0.29) is 21.8 Å². The summed E-state index contributed by atoms with van der Waals surface area (Å²) in [6.07, 6.45) is -4.58. The highest BCUT2D eigenvalue weighted by Crippen LogP contribution is 2.34. The minimum Gasteiger partial charge on any atom is -0.324 e. The van der Waals surface area contributed by atoms with E-state index in [0.717, 1.165) is 5.38 Å². The molecule has 9 heteroatoms. The van der Waals surface area contributed by atoms with Gasteiger partial charge in [-0.05, 0) is 18.2 Å². The van der Waals surface area contributed by atoms with Crippen molar-refractivity contribution in [2.24, 2.45) is 0 Å². The number of nitrogens with zero attached hydrogens (tertiary/aromatic N) is 1. The van der Waals surface area contributed by atoms with Gasteiger partial charge in [-0.1, -0.05) is 17.2 Å². The smallest absolute Gasteiger partial charge is 0.324 e. The Bertz CT molecular complexity index is 792. The Hall–Kier alpha value is -2.68. The minimum absolute atomic E-state index is 0.0617. The Morgan fingerprint density at radius 2 is 1.65 bits per heavy atom. The van der Waals surface area contributed by atoms with E-state index in [9.17, 15) is 27.6 Å². The number of hydroxylamine groups is 2. The molecule has 0 unspecified atom stereocenters. The molecule has 2 heterocycles. The topological polar surface area (TPSA) is 63.7 Å². The maximum absolute atomic E-state index is 12.5. The molecule has 1 aromatic carbocycles. The first kappa shape index (κ1) is 15.2. The van der Waals surface area contributed by atoms with Crippen LogP contribution in [0.15, 0.2) is 35.7 Å². The number of carbonyl (C=O) groups is 3. The number of rotatable bonds is 2. The first-order valence-electron chi connectivity index (χ1n) is 6.15. The first-order valence-corrected chi connectivity index (χ1v) is 7.03. The number of carbonyl (C=O) groups excluding carboxylic acids is 3. The van der Waals surface area contributed by atoms with Crippen molar-refractivity contribution in [3.05, 3.63) is 57.3 Å². The van der Waals surface area contributed by atoms with Crippen LogP contribution in [0.2, 0.25) is 0 Å². The average molecular weight is 341 g/mol. The molecule has 0 radical (unpaired) electrons. The van der Waals surface area contributed by atoms with E-state index in [4.69, 9.17) is 0 Å². The van der Waals surface area contributed by atoms with Gasteiger partial charge in [0, 0.05) is 5.38 Å². The molecule has 2 aromatic rings. The van der Waals surface area contributed by atoms with Gasteiger partial charge in [-0.2, -0.15) is 13.2 Å². The molecule has 23 heavy (non-hydrogen) atoms. The van der Waals surface area contributed by atoms with Crippen molar-refractivity contribution >= 4 is 29.1 Å². The third-order valence-corrected chi connectivity index (χ3v) is 4.02. The molecule has 0 aliphatic carbocycles. The summed E-state index contributed by atoms with van der Waals surface area (Å²) in [4.78, 5) is 39.5. The second kappa shape index (κ2) is 5.20. The van der Waals surface area contributed by atoms with Gasteiger partial charge in [-0.15, -0.1) is 11.3 Å². The van der Waals surface area contributed by atoms with Gasteiger partial charge in [-0.25, -0.2) is 4.79 Å². The molecule has 5 nitrogen and oxygen atoms in total. The molecule has 1 aliphatic rings. The van der Waals surface area contributed by atoms with Gasteiger partial charge in [0.05, 0.1) is 16.7 Å². The van der Waals surface area contributed by atoms with Crippen molar-refractivity contribution in [2.45, 2.75) is 6.18 Å². The zero-order valence-corrected chi connectivity index (χ0v) is 11.9. The fourth-order valence-electron chi connectivity index (χ4n) is 1.98.